The van der Waals surface area contributed by atoms with Crippen LogP contribution in [0.15, 0.2) is 34.0 Å². The molecule has 3 heterocycles. The summed E-state index contributed by atoms with van der Waals surface area (Å²) in [6.45, 7) is 5.61. The fraction of sp³-hybridized carbons (Fsp3) is 0.417. The minimum absolute atomic E-state index is 0.251. The molecule has 1 saturated heterocycles. The van der Waals surface area contributed by atoms with Crippen LogP contribution in [0.25, 0.3) is 22.0 Å². The minimum atomic E-state index is -0.597. The van der Waals surface area contributed by atoms with E-state index in [2.05, 4.69) is 16.8 Å². The van der Waals surface area contributed by atoms with Crippen molar-refractivity contribution in [2.75, 3.05) is 17.2 Å². The molecule has 3 aromatic rings. The van der Waals surface area contributed by atoms with Crippen LogP contribution in [0.3, 0.4) is 0 Å². The first kappa shape index (κ1) is 20.5. The molecule has 5 rings (SSSR count). The number of piperidine rings is 1. The Labute approximate surface area is 184 Å². The van der Waals surface area contributed by atoms with Crippen molar-refractivity contribution in [2.45, 2.75) is 57.0 Å². The van der Waals surface area contributed by atoms with Crippen LogP contribution in [-0.2, 0) is 6.54 Å². The summed E-state index contributed by atoms with van der Waals surface area (Å²) >= 11 is 1.65. The fourth-order valence-corrected chi connectivity index (χ4v) is 6.18. The molecule has 2 aromatic carbocycles. The zero-order chi connectivity index (χ0) is 21.7. The maximum absolute atomic E-state index is 14.8. The Kier molecular flexibility index (Phi) is 5.24. The van der Waals surface area contributed by atoms with Crippen molar-refractivity contribution in [1.29, 1.82) is 0 Å². The van der Waals surface area contributed by atoms with Crippen molar-refractivity contribution in [2.24, 2.45) is 0 Å². The molecule has 0 radical (unpaired) electrons. The molecule has 0 spiro atoms. The van der Waals surface area contributed by atoms with Gasteiger partial charge in [-0.3, -0.25) is 4.57 Å². The lowest BCUT2D eigenvalue weighted by molar-refractivity contribution is 0.481. The maximum Gasteiger partial charge on any atom is 0.350 e. The van der Waals surface area contributed by atoms with E-state index >= 15 is 0 Å². The number of nitrogens with zero attached hydrogens (tertiary/aromatic N) is 3. The molecule has 0 amide bonds. The number of hydrogen-bond donors (Lipinski definition) is 0. The summed E-state index contributed by atoms with van der Waals surface area (Å²) in [5.74, 6) is 0.379. The van der Waals surface area contributed by atoms with Crippen LogP contribution in [0.1, 0.15) is 38.2 Å². The number of aryl methyl sites for hydroxylation is 2. The van der Waals surface area contributed by atoms with Crippen molar-refractivity contribution in [3.8, 4) is 11.1 Å². The number of halogens is 2. The largest absolute Gasteiger partial charge is 0.353 e. The van der Waals surface area contributed by atoms with E-state index in [-0.39, 0.29) is 5.69 Å². The van der Waals surface area contributed by atoms with E-state index in [1.807, 2.05) is 13.0 Å². The maximum atomic E-state index is 14.8. The number of rotatable bonds is 2. The Hall–Kier alpha value is -2.41. The Morgan fingerprint density at radius 1 is 1.13 bits per heavy atom. The first-order chi connectivity index (χ1) is 15.0. The van der Waals surface area contributed by atoms with Crippen LogP contribution < -0.4 is 10.6 Å². The van der Waals surface area contributed by atoms with E-state index in [1.54, 1.807) is 16.3 Å². The van der Waals surface area contributed by atoms with Gasteiger partial charge in [-0.1, -0.05) is 0 Å². The number of benzene rings is 2. The molecule has 0 N–H and O–H groups in total. The summed E-state index contributed by atoms with van der Waals surface area (Å²) in [5, 5.41) is 0.946. The molecule has 0 saturated carbocycles. The van der Waals surface area contributed by atoms with Crippen LogP contribution >= 0.6 is 11.8 Å². The smallest absolute Gasteiger partial charge is 0.350 e. The predicted molar refractivity (Wildman–Crippen MR) is 122 cm³/mol. The van der Waals surface area contributed by atoms with Crippen molar-refractivity contribution < 1.29 is 8.78 Å². The highest BCUT2D eigenvalue weighted by atomic mass is 32.2. The van der Waals surface area contributed by atoms with E-state index in [4.69, 9.17) is 0 Å². The molecule has 162 valence electrons. The quantitative estimate of drug-likeness (QED) is 0.525. The van der Waals surface area contributed by atoms with Gasteiger partial charge in [0, 0.05) is 46.6 Å². The first-order valence-electron chi connectivity index (χ1n) is 10.9. The van der Waals surface area contributed by atoms with Gasteiger partial charge in [-0.2, -0.15) is 4.98 Å². The van der Waals surface area contributed by atoms with E-state index in [0.29, 0.717) is 18.2 Å². The van der Waals surface area contributed by atoms with Gasteiger partial charge in [0.15, 0.2) is 0 Å². The SMILES string of the molecule is Cc1cc2c(N3CCCC[C@@H]3C)nc(=O)n3c2c(c1-c1ccc(F)cc1F)SCCC3. The normalized spacial score (nSPS) is 19.0. The van der Waals surface area contributed by atoms with Gasteiger partial charge in [-0.25, -0.2) is 13.6 Å². The van der Waals surface area contributed by atoms with Crippen LogP contribution in [0.5, 0.6) is 0 Å². The lowest BCUT2D eigenvalue weighted by atomic mass is 9.96. The number of thioether (sulfide) groups is 1. The zero-order valence-corrected chi connectivity index (χ0v) is 18.6. The average Bonchev–Trinajstić information content (AvgIpc) is 2.96. The van der Waals surface area contributed by atoms with Gasteiger partial charge in [0.1, 0.15) is 17.5 Å². The highest BCUT2D eigenvalue weighted by Crippen LogP contribution is 2.44. The molecule has 2 aliphatic heterocycles. The molecular weight excluding hydrogens is 416 g/mol. The molecule has 31 heavy (non-hydrogen) atoms. The molecule has 0 aliphatic carbocycles. The summed E-state index contributed by atoms with van der Waals surface area (Å²) in [6, 6.07) is 6.06. The van der Waals surface area contributed by atoms with Gasteiger partial charge < -0.3 is 4.90 Å². The summed E-state index contributed by atoms with van der Waals surface area (Å²) in [5.41, 5.74) is 2.60. The zero-order valence-electron chi connectivity index (χ0n) is 17.8. The summed E-state index contributed by atoms with van der Waals surface area (Å²) in [7, 11) is 0. The highest BCUT2D eigenvalue weighted by molar-refractivity contribution is 7.99. The van der Waals surface area contributed by atoms with Gasteiger partial charge in [0.05, 0.1) is 5.52 Å². The Morgan fingerprint density at radius 3 is 2.74 bits per heavy atom. The van der Waals surface area contributed by atoms with Gasteiger partial charge >= 0.3 is 5.69 Å². The van der Waals surface area contributed by atoms with Crippen molar-refractivity contribution in [3.63, 3.8) is 0 Å². The van der Waals surface area contributed by atoms with Crippen molar-refractivity contribution in [3.05, 3.63) is 51.9 Å². The summed E-state index contributed by atoms with van der Waals surface area (Å²) < 4.78 is 30.1. The second-order valence-electron chi connectivity index (χ2n) is 8.53. The number of anilines is 1. The van der Waals surface area contributed by atoms with Crippen molar-refractivity contribution in [1.82, 2.24) is 9.55 Å². The van der Waals surface area contributed by atoms with E-state index in [9.17, 15) is 13.6 Å². The molecule has 0 unspecified atom stereocenters. The fourth-order valence-electron chi connectivity index (χ4n) is 4.93. The lowest BCUT2D eigenvalue weighted by Crippen LogP contribution is -2.40. The number of aromatic nitrogens is 2. The van der Waals surface area contributed by atoms with Gasteiger partial charge in [-0.15, -0.1) is 11.8 Å². The highest BCUT2D eigenvalue weighted by Gasteiger charge is 2.28. The second kappa shape index (κ2) is 7.93. The molecule has 7 heteroatoms. The van der Waals surface area contributed by atoms with E-state index in [0.717, 1.165) is 70.4 Å². The Balaban J connectivity index is 1.85. The molecule has 2 aliphatic rings. The predicted octanol–water partition coefficient (Wildman–Crippen LogP) is 5.52. The van der Waals surface area contributed by atoms with Crippen LogP contribution in [0, 0.1) is 18.6 Å². The van der Waals surface area contributed by atoms with Gasteiger partial charge in [0.2, 0.25) is 0 Å². The Morgan fingerprint density at radius 2 is 1.97 bits per heavy atom. The third-order valence-electron chi connectivity index (χ3n) is 6.44. The first-order valence-corrected chi connectivity index (χ1v) is 11.9. The average molecular weight is 442 g/mol. The molecule has 1 aromatic heterocycles. The monoisotopic (exact) mass is 441 g/mol. The second-order valence-corrected chi connectivity index (χ2v) is 9.63. The molecule has 0 bridgehead atoms. The van der Waals surface area contributed by atoms with E-state index in [1.165, 1.54) is 18.6 Å². The topological polar surface area (TPSA) is 38.1 Å². The standard InChI is InChI=1S/C24H25F2N3OS/c1-14-12-18-21-22(20(14)17-8-7-16(25)13-19(17)26)31-11-5-10-29(21)24(30)27-23(18)28-9-4-3-6-15(28)2/h7-8,12-13,15H,3-6,9-11H2,1-2H3/t15-/m0/s1. The van der Waals surface area contributed by atoms with Gasteiger partial charge in [-0.05, 0) is 69.0 Å². The third-order valence-corrected chi connectivity index (χ3v) is 7.62. The number of hydrogen-bond acceptors (Lipinski definition) is 4. The van der Waals surface area contributed by atoms with Crippen LogP contribution in [-0.4, -0.2) is 27.9 Å². The van der Waals surface area contributed by atoms with Gasteiger partial charge in [0.25, 0.3) is 0 Å². The molecular formula is C24H25F2N3OS. The van der Waals surface area contributed by atoms with Crippen LogP contribution in [0.2, 0.25) is 0 Å². The Bertz CT molecular complexity index is 1240. The van der Waals surface area contributed by atoms with Crippen molar-refractivity contribution >= 4 is 28.5 Å². The lowest BCUT2D eigenvalue weighted by Gasteiger charge is -2.35. The minimum Gasteiger partial charge on any atom is -0.353 e. The molecule has 1 atom stereocenters. The molecule has 4 nitrogen and oxygen atoms in total. The van der Waals surface area contributed by atoms with Crippen LogP contribution in [0.4, 0.5) is 14.6 Å². The summed E-state index contributed by atoms with van der Waals surface area (Å²) in [6.07, 6.45) is 4.17. The van der Waals surface area contributed by atoms with E-state index < -0.39 is 11.6 Å². The summed E-state index contributed by atoms with van der Waals surface area (Å²) in [4.78, 5) is 20.8. The third kappa shape index (κ3) is 3.43. The molecule has 1 fully saturated rings.